The van der Waals surface area contributed by atoms with E-state index in [1.54, 1.807) is 6.07 Å². The van der Waals surface area contributed by atoms with Gasteiger partial charge >= 0.3 is 0 Å². The molecule has 2 aliphatic rings. The van der Waals surface area contributed by atoms with E-state index in [-0.39, 0.29) is 22.5 Å². The number of aromatic nitrogens is 1. The van der Waals surface area contributed by atoms with Gasteiger partial charge in [-0.1, -0.05) is 41.9 Å². The number of hydrogen-bond donors (Lipinski definition) is 2. The van der Waals surface area contributed by atoms with Crippen LogP contribution in [0.3, 0.4) is 0 Å². The van der Waals surface area contributed by atoms with Crippen LogP contribution in [-0.2, 0) is 11.3 Å². The van der Waals surface area contributed by atoms with E-state index in [9.17, 15) is 9.59 Å². The third-order valence-electron chi connectivity index (χ3n) is 5.42. The summed E-state index contributed by atoms with van der Waals surface area (Å²) in [5.41, 5.74) is 3.57. The van der Waals surface area contributed by atoms with E-state index in [2.05, 4.69) is 39.5 Å². The number of nitrogens with one attached hydrogen (secondary N) is 2. The van der Waals surface area contributed by atoms with E-state index in [4.69, 9.17) is 11.6 Å². The van der Waals surface area contributed by atoms with Crippen molar-refractivity contribution in [1.29, 1.82) is 0 Å². The van der Waals surface area contributed by atoms with E-state index in [0.717, 1.165) is 24.1 Å². The minimum Gasteiger partial charge on any atom is -0.350 e. The Balaban J connectivity index is 1.64. The van der Waals surface area contributed by atoms with Gasteiger partial charge in [0.05, 0.1) is 0 Å². The number of pyridine rings is 1. The maximum absolute atomic E-state index is 12.0. The highest BCUT2D eigenvalue weighted by molar-refractivity contribution is 6.30. The Morgan fingerprint density at radius 1 is 1.11 bits per heavy atom. The molecule has 5 nitrogen and oxygen atoms in total. The van der Waals surface area contributed by atoms with E-state index >= 15 is 0 Å². The number of likely N-dealkylation sites (tertiary alicyclic amines) is 1. The van der Waals surface area contributed by atoms with E-state index in [0.29, 0.717) is 12.1 Å². The van der Waals surface area contributed by atoms with Gasteiger partial charge < -0.3 is 10.3 Å². The lowest BCUT2D eigenvalue weighted by Crippen LogP contribution is -2.23. The molecule has 6 heteroatoms. The van der Waals surface area contributed by atoms with Gasteiger partial charge in [-0.25, -0.2) is 0 Å². The maximum Gasteiger partial charge on any atom is 0.267 e. The van der Waals surface area contributed by atoms with Crippen molar-refractivity contribution in [3.63, 3.8) is 0 Å². The molecule has 1 aromatic heterocycles. The van der Waals surface area contributed by atoms with Crippen molar-refractivity contribution in [3.05, 3.63) is 74.7 Å². The lowest BCUT2D eigenvalue weighted by atomic mass is 9.98. The highest BCUT2D eigenvalue weighted by atomic mass is 35.5. The van der Waals surface area contributed by atoms with Crippen molar-refractivity contribution in [2.45, 2.75) is 38.3 Å². The second-order valence-corrected chi connectivity index (χ2v) is 7.93. The molecule has 1 amide bonds. The summed E-state index contributed by atoms with van der Waals surface area (Å²) >= 11 is 5.90. The molecule has 0 radical (unpaired) electrons. The number of benzene rings is 1. The summed E-state index contributed by atoms with van der Waals surface area (Å²) in [6.45, 7) is 3.30. The van der Waals surface area contributed by atoms with Crippen LogP contribution in [0.5, 0.6) is 0 Å². The first-order valence-electron chi connectivity index (χ1n) is 9.80. The quantitative estimate of drug-likeness (QED) is 0.813. The summed E-state index contributed by atoms with van der Waals surface area (Å²) in [4.78, 5) is 28.9. The Hall–Kier alpha value is -2.37. The van der Waals surface area contributed by atoms with Gasteiger partial charge in [0.15, 0.2) is 0 Å². The smallest absolute Gasteiger partial charge is 0.267 e. The van der Waals surface area contributed by atoms with Gasteiger partial charge in [-0.15, -0.1) is 0 Å². The largest absolute Gasteiger partial charge is 0.350 e. The highest BCUT2D eigenvalue weighted by Crippen LogP contribution is 2.25. The number of aromatic amines is 1. The third kappa shape index (κ3) is 4.37. The first kappa shape index (κ1) is 19.0. The summed E-state index contributed by atoms with van der Waals surface area (Å²) in [6.07, 6.45) is 5.87. The molecule has 0 saturated carbocycles. The number of carbonyl (C=O) groups excluding carboxylic acids is 1. The Morgan fingerprint density at radius 3 is 2.50 bits per heavy atom. The van der Waals surface area contributed by atoms with Crippen LogP contribution in [0.4, 0.5) is 0 Å². The number of nitrogens with zero attached hydrogens (tertiary/aromatic N) is 1. The molecule has 2 aromatic rings. The molecule has 0 unspecified atom stereocenters. The van der Waals surface area contributed by atoms with Gasteiger partial charge in [0, 0.05) is 30.3 Å². The lowest BCUT2D eigenvalue weighted by molar-refractivity contribution is -0.119. The Labute approximate surface area is 169 Å². The van der Waals surface area contributed by atoms with Crippen LogP contribution in [0, 0.1) is 0 Å². The molecule has 0 spiro atoms. The van der Waals surface area contributed by atoms with Crippen molar-refractivity contribution in [2.24, 2.45) is 0 Å². The zero-order chi connectivity index (χ0) is 19.5. The molecule has 2 fully saturated rings. The average Bonchev–Trinajstić information content (AvgIpc) is 3.35. The van der Waals surface area contributed by atoms with Gasteiger partial charge in [0.25, 0.3) is 5.56 Å². The van der Waals surface area contributed by atoms with Gasteiger partial charge in [-0.2, -0.15) is 0 Å². The minimum atomic E-state index is -0.314. The first-order valence-corrected chi connectivity index (χ1v) is 10.2. The predicted molar refractivity (Wildman–Crippen MR) is 111 cm³/mol. The molecule has 1 atom stereocenters. The zero-order valence-corrected chi connectivity index (χ0v) is 16.5. The van der Waals surface area contributed by atoms with Crippen molar-refractivity contribution in [2.75, 3.05) is 13.1 Å². The van der Waals surface area contributed by atoms with E-state index in [1.165, 1.54) is 31.5 Å². The van der Waals surface area contributed by atoms with Crippen molar-refractivity contribution in [1.82, 2.24) is 15.2 Å². The van der Waals surface area contributed by atoms with Crippen LogP contribution >= 0.6 is 11.6 Å². The zero-order valence-electron chi connectivity index (χ0n) is 15.7. The maximum atomic E-state index is 12.0. The van der Waals surface area contributed by atoms with Gasteiger partial charge in [-0.05, 0) is 55.6 Å². The summed E-state index contributed by atoms with van der Waals surface area (Å²) in [5, 5.41) is 3.13. The Kier molecular flexibility index (Phi) is 5.64. The molecular formula is C22H24ClN3O2. The summed E-state index contributed by atoms with van der Waals surface area (Å²) in [7, 11) is 0. The molecule has 4 rings (SSSR count). The van der Waals surface area contributed by atoms with Crippen LogP contribution in [0.25, 0.3) is 5.57 Å². The standard InChI is InChI=1S/C22H24ClN3O2/c23-19-8-9-20(25-22(19)28)18(13-17-7-10-21(27)24-17)16-5-3-15(4-6-16)14-26-11-1-2-12-26/h3-6,8-9,13,17H,1-2,7,10-12,14H2,(H,24,27)(H,25,28)/b18-13-/t17-/m1/s1. The van der Waals surface area contributed by atoms with Crippen LogP contribution in [0.15, 0.2) is 47.3 Å². The monoisotopic (exact) mass is 397 g/mol. The second kappa shape index (κ2) is 8.33. The number of amides is 1. The SMILES string of the molecule is O=C1CC[C@H](/C=C(/c2ccc(CN3CCCC3)cc2)c2ccc(Cl)c(=O)[nH]2)N1. The fourth-order valence-electron chi connectivity index (χ4n) is 3.91. The minimum absolute atomic E-state index is 0.0362. The summed E-state index contributed by atoms with van der Waals surface area (Å²) in [6, 6.07) is 11.8. The van der Waals surface area contributed by atoms with Crippen LogP contribution in [0.1, 0.15) is 42.5 Å². The predicted octanol–water partition coefficient (Wildman–Crippen LogP) is 3.33. The first-order chi connectivity index (χ1) is 13.6. The number of rotatable bonds is 5. The molecule has 0 bridgehead atoms. The topological polar surface area (TPSA) is 65.2 Å². The van der Waals surface area contributed by atoms with Crippen molar-refractivity contribution in [3.8, 4) is 0 Å². The molecule has 0 aliphatic carbocycles. The molecule has 146 valence electrons. The number of halogens is 1. The number of carbonyl (C=O) groups is 1. The molecule has 3 heterocycles. The van der Waals surface area contributed by atoms with Crippen LogP contribution in [0.2, 0.25) is 5.02 Å². The average molecular weight is 398 g/mol. The summed E-state index contributed by atoms with van der Waals surface area (Å²) < 4.78 is 0. The third-order valence-corrected chi connectivity index (χ3v) is 5.72. The molecular weight excluding hydrogens is 374 g/mol. The van der Waals surface area contributed by atoms with Crippen LogP contribution in [-0.4, -0.2) is 34.9 Å². The Bertz CT molecular complexity index is 943. The van der Waals surface area contributed by atoms with Gasteiger partial charge in [0.2, 0.25) is 5.91 Å². The Morgan fingerprint density at radius 2 is 1.86 bits per heavy atom. The fraction of sp³-hybridized carbons (Fsp3) is 0.364. The normalized spacial score (nSPS) is 20.5. The summed E-state index contributed by atoms with van der Waals surface area (Å²) in [5.74, 6) is 0.0613. The second-order valence-electron chi connectivity index (χ2n) is 7.52. The molecule has 2 aliphatic heterocycles. The molecule has 28 heavy (non-hydrogen) atoms. The van der Waals surface area contributed by atoms with Gasteiger partial charge in [0.1, 0.15) is 5.02 Å². The van der Waals surface area contributed by atoms with E-state index in [1.807, 2.05) is 12.1 Å². The molecule has 2 N–H and O–H groups in total. The van der Waals surface area contributed by atoms with Crippen molar-refractivity contribution < 1.29 is 4.79 Å². The highest BCUT2D eigenvalue weighted by Gasteiger charge is 2.20. The number of hydrogen-bond acceptors (Lipinski definition) is 3. The van der Waals surface area contributed by atoms with Crippen molar-refractivity contribution >= 4 is 23.1 Å². The number of H-pyrrole nitrogens is 1. The molecule has 1 aromatic carbocycles. The van der Waals surface area contributed by atoms with Crippen LogP contribution < -0.4 is 10.9 Å². The van der Waals surface area contributed by atoms with Gasteiger partial charge in [-0.3, -0.25) is 14.5 Å². The lowest BCUT2D eigenvalue weighted by Gasteiger charge is -2.16. The molecule has 2 saturated heterocycles. The fourth-order valence-corrected chi connectivity index (χ4v) is 4.02. The van der Waals surface area contributed by atoms with E-state index < -0.39 is 0 Å².